The summed E-state index contributed by atoms with van der Waals surface area (Å²) in [5, 5.41) is 8.99. The lowest BCUT2D eigenvalue weighted by Gasteiger charge is -2.27. The fraction of sp³-hybridized carbons (Fsp3) is 0.579. The van der Waals surface area contributed by atoms with Gasteiger partial charge in [-0.3, -0.25) is 4.90 Å². The number of nitrogens with zero attached hydrogens (tertiary/aromatic N) is 3. The molecule has 2 aromatic rings. The minimum absolute atomic E-state index is 0.396. The van der Waals surface area contributed by atoms with Crippen LogP contribution in [0, 0.1) is 13.8 Å². The third-order valence-corrected chi connectivity index (χ3v) is 5.68. The highest BCUT2D eigenvalue weighted by Crippen LogP contribution is 2.27. The van der Waals surface area contributed by atoms with Crippen molar-refractivity contribution in [2.45, 2.75) is 46.2 Å². The van der Waals surface area contributed by atoms with Crippen molar-refractivity contribution in [1.82, 2.24) is 20.5 Å². The first-order valence-corrected chi connectivity index (χ1v) is 10.3. The summed E-state index contributed by atoms with van der Waals surface area (Å²) >= 11 is 1.83. The Morgan fingerprint density at radius 2 is 2.15 bits per heavy atom. The second-order valence-corrected chi connectivity index (χ2v) is 7.58. The Morgan fingerprint density at radius 1 is 1.35 bits per heavy atom. The van der Waals surface area contributed by atoms with Crippen molar-refractivity contribution in [2.75, 3.05) is 26.2 Å². The maximum Gasteiger partial charge on any atom is 0.216 e. The molecule has 1 fully saturated rings. The monoisotopic (exact) mass is 375 g/mol. The third-order valence-electron chi connectivity index (χ3n) is 4.71. The SMILES string of the molecule is CCNC(=NCc1nc(C)c(C)o1)NCC(c1cccs1)N1CCCC1. The fourth-order valence-corrected chi connectivity index (χ4v) is 4.09. The van der Waals surface area contributed by atoms with E-state index < -0.39 is 0 Å². The summed E-state index contributed by atoms with van der Waals surface area (Å²) < 4.78 is 5.63. The number of rotatable bonds is 7. The molecule has 142 valence electrons. The molecule has 0 spiro atoms. The van der Waals surface area contributed by atoms with Crippen LogP contribution in [0.3, 0.4) is 0 Å². The van der Waals surface area contributed by atoms with Crippen molar-refractivity contribution in [3.8, 4) is 0 Å². The number of likely N-dealkylation sites (tertiary alicyclic amines) is 1. The standard InChI is InChI=1S/C19H29N5OS/c1-4-20-19(22-13-18-23-14(2)15(3)25-18)21-12-16(17-8-7-11-26-17)24-9-5-6-10-24/h7-8,11,16H,4-6,9-10,12-13H2,1-3H3,(H2,20,21,22). The van der Waals surface area contributed by atoms with Gasteiger partial charge in [0.25, 0.3) is 0 Å². The largest absolute Gasteiger partial charge is 0.444 e. The van der Waals surface area contributed by atoms with Gasteiger partial charge in [0.2, 0.25) is 5.89 Å². The fourth-order valence-electron chi connectivity index (χ4n) is 3.23. The van der Waals surface area contributed by atoms with E-state index in [4.69, 9.17) is 4.42 Å². The summed E-state index contributed by atoms with van der Waals surface area (Å²) in [6.07, 6.45) is 2.58. The summed E-state index contributed by atoms with van der Waals surface area (Å²) in [5.74, 6) is 2.33. The Bertz CT molecular complexity index is 684. The number of thiophene rings is 1. The van der Waals surface area contributed by atoms with Crippen molar-refractivity contribution in [2.24, 2.45) is 4.99 Å². The van der Waals surface area contributed by atoms with E-state index >= 15 is 0 Å². The zero-order valence-corrected chi connectivity index (χ0v) is 16.7. The molecule has 1 aliphatic heterocycles. The summed E-state index contributed by atoms with van der Waals surface area (Å²) in [6.45, 7) is 10.4. The second kappa shape index (κ2) is 9.19. The molecule has 0 radical (unpaired) electrons. The molecule has 2 N–H and O–H groups in total. The number of hydrogen-bond donors (Lipinski definition) is 2. The molecule has 6 nitrogen and oxygen atoms in total. The molecule has 26 heavy (non-hydrogen) atoms. The van der Waals surface area contributed by atoms with Crippen LogP contribution in [0.5, 0.6) is 0 Å². The highest BCUT2D eigenvalue weighted by Gasteiger charge is 2.24. The molecule has 1 unspecified atom stereocenters. The van der Waals surface area contributed by atoms with Gasteiger partial charge in [0.15, 0.2) is 5.96 Å². The van der Waals surface area contributed by atoms with E-state index in [9.17, 15) is 0 Å². The number of hydrogen-bond acceptors (Lipinski definition) is 5. The molecule has 1 saturated heterocycles. The predicted octanol–water partition coefficient (Wildman–Crippen LogP) is 3.25. The molecule has 0 aromatic carbocycles. The summed E-state index contributed by atoms with van der Waals surface area (Å²) in [7, 11) is 0. The second-order valence-electron chi connectivity index (χ2n) is 6.60. The van der Waals surface area contributed by atoms with Crippen LogP contribution in [0.4, 0.5) is 0 Å². The lowest BCUT2D eigenvalue weighted by Crippen LogP contribution is -2.42. The van der Waals surface area contributed by atoms with Gasteiger partial charge in [0, 0.05) is 18.0 Å². The molecule has 0 aliphatic carbocycles. The van der Waals surface area contributed by atoms with Crippen molar-refractivity contribution in [3.63, 3.8) is 0 Å². The van der Waals surface area contributed by atoms with Gasteiger partial charge in [-0.2, -0.15) is 0 Å². The first-order chi connectivity index (χ1) is 12.7. The normalized spacial score (nSPS) is 16.8. The van der Waals surface area contributed by atoms with Crippen molar-refractivity contribution >= 4 is 17.3 Å². The molecule has 7 heteroatoms. The van der Waals surface area contributed by atoms with Gasteiger partial charge in [0.1, 0.15) is 12.3 Å². The number of aliphatic imine (C=N–C) groups is 1. The first kappa shape index (κ1) is 18.9. The van der Waals surface area contributed by atoms with Crippen molar-refractivity contribution in [3.05, 3.63) is 39.7 Å². The highest BCUT2D eigenvalue weighted by molar-refractivity contribution is 7.10. The molecule has 3 heterocycles. The van der Waals surface area contributed by atoms with Crippen LogP contribution in [-0.4, -0.2) is 42.0 Å². The van der Waals surface area contributed by atoms with Gasteiger partial charge in [-0.25, -0.2) is 9.98 Å². The van der Waals surface area contributed by atoms with Crippen LogP contribution >= 0.6 is 11.3 Å². The summed E-state index contributed by atoms with van der Waals surface area (Å²) in [6, 6.07) is 4.76. The third kappa shape index (κ3) is 4.86. The van der Waals surface area contributed by atoms with Gasteiger partial charge in [-0.05, 0) is 58.1 Å². The van der Waals surface area contributed by atoms with E-state index in [0.717, 1.165) is 30.5 Å². The van der Waals surface area contributed by atoms with Gasteiger partial charge in [0.05, 0.1) is 11.7 Å². The van der Waals surface area contributed by atoms with E-state index in [1.165, 1.54) is 30.8 Å². The Balaban J connectivity index is 1.64. The number of nitrogens with one attached hydrogen (secondary N) is 2. The van der Waals surface area contributed by atoms with E-state index in [2.05, 4.69) is 49.9 Å². The lowest BCUT2D eigenvalue weighted by atomic mass is 10.2. The molecule has 0 amide bonds. The smallest absolute Gasteiger partial charge is 0.216 e. The highest BCUT2D eigenvalue weighted by atomic mass is 32.1. The van der Waals surface area contributed by atoms with Gasteiger partial charge < -0.3 is 15.1 Å². The van der Waals surface area contributed by atoms with Crippen LogP contribution in [0.2, 0.25) is 0 Å². The number of oxazole rings is 1. The Morgan fingerprint density at radius 3 is 2.77 bits per heavy atom. The van der Waals surface area contributed by atoms with Crippen molar-refractivity contribution < 1.29 is 4.42 Å². The van der Waals surface area contributed by atoms with Gasteiger partial charge in [-0.15, -0.1) is 11.3 Å². The van der Waals surface area contributed by atoms with Crippen LogP contribution in [0.15, 0.2) is 26.9 Å². The Labute approximate surface area is 159 Å². The number of aromatic nitrogens is 1. The summed E-state index contributed by atoms with van der Waals surface area (Å²) in [5.41, 5.74) is 0.931. The van der Waals surface area contributed by atoms with E-state index in [1.54, 1.807) is 0 Å². The zero-order valence-electron chi connectivity index (χ0n) is 15.9. The molecule has 1 atom stereocenters. The molecule has 1 aliphatic rings. The predicted molar refractivity (Wildman–Crippen MR) is 107 cm³/mol. The van der Waals surface area contributed by atoms with Crippen LogP contribution in [0.1, 0.15) is 48.0 Å². The minimum Gasteiger partial charge on any atom is -0.444 e. The lowest BCUT2D eigenvalue weighted by molar-refractivity contribution is 0.249. The number of guanidine groups is 1. The quantitative estimate of drug-likeness (QED) is 0.574. The topological polar surface area (TPSA) is 65.7 Å². The maximum absolute atomic E-state index is 5.63. The molecule has 0 saturated carbocycles. The number of aryl methyl sites for hydroxylation is 2. The summed E-state index contributed by atoms with van der Waals surface area (Å²) in [4.78, 5) is 13.0. The molecular weight excluding hydrogens is 346 g/mol. The zero-order chi connectivity index (χ0) is 18.4. The average molecular weight is 376 g/mol. The first-order valence-electron chi connectivity index (χ1n) is 9.40. The van der Waals surface area contributed by atoms with Crippen LogP contribution < -0.4 is 10.6 Å². The van der Waals surface area contributed by atoms with Crippen molar-refractivity contribution in [1.29, 1.82) is 0 Å². The minimum atomic E-state index is 0.396. The van der Waals surface area contributed by atoms with E-state index in [-0.39, 0.29) is 0 Å². The molecule has 3 rings (SSSR count). The van der Waals surface area contributed by atoms with E-state index in [1.807, 2.05) is 25.2 Å². The molecule has 0 bridgehead atoms. The maximum atomic E-state index is 5.63. The van der Waals surface area contributed by atoms with Gasteiger partial charge in [-0.1, -0.05) is 6.07 Å². The van der Waals surface area contributed by atoms with Gasteiger partial charge >= 0.3 is 0 Å². The van der Waals surface area contributed by atoms with E-state index in [0.29, 0.717) is 18.5 Å². The van der Waals surface area contributed by atoms with Crippen LogP contribution in [0.25, 0.3) is 0 Å². The Kier molecular flexibility index (Phi) is 6.68. The Hall–Kier alpha value is -1.86. The molecule has 2 aromatic heterocycles. The molecular formula is C19H29N5OS. The van der Waals surface area contributed by atoms with Crippen LogP contribution in [-0.2, 0) is 6.54 Å². The average Bonchev–Trinajstić information content (AvgIpc) is 3.37.